The van der Waals surface area contributed by atoms with Crippen molar-refractivity contribution in [2.45, 2.75) is 26.8 Å². The van der Waals surface area contributed by atoms with E-state index in [2.05, 4.69) is 47.5 Å². The molecule has 1 heterocycles. The molecule has 5 nitrogen and oxygen atoms in total. The molecule has 2 aromatic rings. The second-order valence-corrected chi connectivity index (χ2v) is 7.50. The highest BCUT2D eigenvalue weighted by molar-refractivity contribution is 5.78. The molecule has 2 aromatic carbocycles. The maximum atomic E-state index is 12.6. The topological polar surface area (TPSA) is 50.8 Å². The van der Waals surface area contributed by atoms with Crippen molar-refractivity contribution in [2.75, 3.05) is 39.5 Å². The summed E-state index contributed by atoms with van der Waals surface area (Å²) in [5.74, 6) is 0.639. The number of hydrogen-bond donors (Lipinski definition) is 1. The molecule has 28 heavy (non-hydrogen) atoms. The highest BCUT2D eigenvalue weighted by atomic mass is 16.5. The number of nitrogens with zero attached hydrogens (tertiary/aromatic N) is 1. The van der Waals surface area contributed by atoms with Crippen molar-refractivity contribution in [3.63, 3.8) is 0 Å². The molecule has 1 saturated heterocycles. The monoisotopic (exact) mass is 382 g/mol. The van der Waals surface area contributed by atoms with E-state index < -0.39 is 0 Å². The molecule has 0 saturated carbocycles. The Hall–Kier alpha value is -2.37. The number of carbonyl (C=O) groups is 1. The molecule has 0 bridgehead atoms. The van der Waals surface area contributed by atoms with Crippen LogP contribution in [0.3, 0.4) is 0 Å². The Balaban J connectivity index is 1.63. The second kappa shape index (κ2) is 9.71. The predicted molar refractivity (Wildman–Crippen MR) is 111 cm³/mol. The molecule has 1 atom stereocenters. The van der Waals surface area contributed by atoms with Crippen LogP contribution in [0.2, 0.25) is 0 Å². The molecule has 0 radical (unpaired) electrons. The van der Waals surface area contributed by atoms with E-state index in [4.69, 9.17) is 9.47 Å². The molecule has 0 aliphatic carbocycles. The van der Waals surface area contributed by atoms with E-state index in [1.54, 1.807) is 0 Å². The van der Waals surface area contributed by atoms with Gasteiger partial charge < -0.3 is 14.8 Å². The van der Waals surface area contributed by atoms with Crippen LogP contribution < -0.4 is 10.1 Å². The number of aryl methyl sites for hydroxylation is 3. The lowest BCUT2D eigenvalue weighted by Gasteiger charge is -2.31. The van der Waals surface area contributed by atoms with Crippen LogP contribution >= 0.6 is 0 Å². The Bertz CT molecular complexity index is 783. The van der Waals surface area contributed by atoms with Crippen LogP contribution in [0.5, 0.6) is 5.75 Å². The van der Waals surface area contributed by atoms with Crippen molar-refractivity contribution < 1.29 is 14.3 Å². The predicted octanol–water partition coefficient (Wildman–Crippen LogP) is 3.18. The quantitative estimate of drug-likeness (QED) is 0.799. The number of nitrogens with one attached hydrogen (secondary N) is 1. The maximum Gasteiger partial charge on any atom is 0.258 e. The summed E-state index contributed by atoms with van der Waals surface area (Å²) in [7, 11) is 0. The molecular formula is C23H30N2O3. The lowest BCUT2D eigenvalue weighted by Crippen LogP contribution is -2.44. The number of benzene rings is 2. The summed E-state index contributed by atoms with van der Waals surface area (Å²) < 4.78 is 11.2. The summed E-state index contributed by atoms with van der Waals surface area (Å²) in [6, 6.07) is 14.2. The Morgan fingerprint density at radius 3 is 2.43 bits per heavy atom. The zero-order valence-electron chi connectivity index (χ0n) is 17.0. The minimum atomic E-state index is -0.112. The summed E-state index contributed by atoms with van der Waals surface area (Å²) in [5, 5.41) is 3.15. The maximum absolute atomic E-state index is 12.6. The van der Waals surface area contributed by atoms with E-state index >= 15 is 0 Å². The molecule has 1 amide bonds. The van der Waals surface area contributed by atoms with E-state index in [0.29, 0.717) is 0 Å². The molecule has 5 heteroatoms. The molecule has 1 N–H and O–H groups in total. The molecule has 3 rings (SSSR count). The number of rotatable bonds is 7. The third-order valence-corrected chi connectivity index (χ3v) is 5.05. The first kappa shape index (κ1) is 20.4. The van der Waals surface area contributed by atoms with Gasteiger partial charge in [0, 0.05) is 19.6 Å². The van der Waals surface area contributed by atoms with Crippen LogP contribution in [0.15, 0.2) is 42.5 Å². The van der Waals surface area contributed by atoms with Gasteiger partial charge in [-0.15, -0.1) is 0 Å². The minimum Gasteiger partial charge on any atom is -0.484 e. The highest BCUT2D eigenvalue weighted by Crippen LogP contribution is 2.19. The van der Waals surface area contributed by atoms with E-state index in [1.807, 2.05) is 26.0 Å². The van der Waals surface area contributed by atoms with Crippen molar-refractivity contribution in [3.05, 3.63) is 64.7 Å². The summed E-state index contributed by atoms with van der Waals surface area (Å²) >= 11 is 0. The Labute approximate surface area is 167 Å². The highest BCUT2D eigenvalue weighted by Gasteiger charge is 2.20. The summed E-state index contributed by atoms with van der Waals surface area (Å²) in [6.07, 6.45) is 0. The average molecular weight is 383 g/mol. The van der Waals surface area contributed by atoms with E-state index in [9.17, 15) is 4.79 Å². The van der Waals surface area contributed by atoms with Crippen LogP contribution in [0, 0.1) is 20.8 Å². The van der Waals surface area contributed by atoms with Gasteiger partial charge in [0.25, 0.3) is 5.91 Å². The van der Waals surface area contributed by atoms with Crippen molar-refractivity contribution >= 4 is 5.91 Å². The first-order valence-electron chi connectivity index (χ1n) is 9.87. The smallest absolute Gasteiger partial charge is 0.258 e. The number of ether oxygens (including phenoxy) is 2. The van der Waals surface area contributed by atoms with E-state index in [0.717, 1.165) is 49.7 Å². The second-order valence-electron chi connectivity index (χ2n) is 7.50. The summed E-state index contributed by atoms with van der Waals surface area (Å²) in [4.78, 5) is 14.9. The fourth-order valence-corrected chi connectivity index (χ4v) is 3.42. The van der Waals surface area contributed by atoms with Gasteiger partial charge in [-0.2, -0.15) is 0 Å². The molecular weight excluding hydrogens is 352 g/mol. The van der Waals surface area contributed by atoms with Gasteiger partial charge in [-0.25, -0.2) is 0 Å². The van der Waals surface area contributed by atoms with Crippen LogP contribution in [-0.4, -0.2) is 50.3 Å². The Kier molecular flexibility index (Phi) is 7.06. The third kappa shape index (κ3) is 5.81. The molecule has 150 valence electrons. The number of carbonyl (C=O) groups excluding carboxylic acids is 1. The van der Waals surface area contributed by atoms with Crippen LogP contribution in [0.25, 0.3) is 0 Å². The molecule has 1 fully saturated rings. The van der Waals surface area contributed by atoms with Crippen LogP contribution in [0.1, 0.15) is 28.3 Å². The van der Waals surface area contributed by atoms with Crippen molar-refractivity contribution in [2.24, 2.45) is 0 Å². The fraction of sp³-hybridized carbons (Fsp3) is 0.435. The standard InChI is InChI=1S/C23H30N2O3/c1-17-4-7-20(8-5-17)21(15-25-10-12-27-13-11-25)24-23(26)16-28-22-9-6-18(2)14-19(22)3/h4-9,14,21H,10-13,15-16H2,1-3H3,(H,24,26)/t21-/m0/s1. The summed E-state index contributed by atoms with van der Waals surface area (Å²) in [6.45, 7) is 10.1. The molecule has 1 aliphatic rings. The first-order valence-corrected chi connectivity index (χ1v) is 9.87. The summed E-state index contributed by atoms with van der Waals surface area (Å²) in [5.41, 5.74) is 4.53. The zero-order chi connectivity index (χ0) is 19.9. The number of morpholine rings is 1. The van der Waals surface area contributed by atoms with Gasteiger partial charge >= 0.3 is 0 Å². The van der Waals surface area contributed by atoms with Gasteiger partial charge in [0.15, 0.2) is 6.61 Å². The van der Waals surface area contributed by atoms with Gasteiger partial charge in [-0.3, -0.25) is 9.69 Å². The van der Waals surface area contributed by atoms with Gasteiger partial charge in [-0.1, -0.05) is 47.5 Å². The lowest BCUT2D eigenvalue weighted by atomic mass is 10.0. The SMILES string of the molecule is Cc1ccc([C@H](CN2CCOCC2)NC(=O)COc2ccc(C)cc2C)cc1. The molecule has 1 aliphatic heterocycles. The Morgan fingerprint density at radius 1 is 1.07 bits per heavy atom. The first-order chi connectivity index (χ1) is 13.5. The minimum absolute atomic E-state index is 0.00930. The largest absolute Gasteiger partial charge is 0.484 e. The van der Waals surface area contributed by atoms with Gasteiger partial charge in [0.2, 0.25) is 0 Å². The lowest BCUT2D eigenvalue weighted by molar-refractivity contribution is -0.124. The number of hydrogen-bond acceptors (Lipinski definition) is 4. The van der Waals surface area contributed by atoms with Crippen LogP contribution in [0.4, 0.5) is 0 Å². The average Bonchev–Trinajstić information content (AvgIpc) is 2.68. The molecule has 0 aromatic heterocycles. The normalized spacial score (nSPS) is 15.8. The molecule has 0 unspecified atom stereocenters. The molecule has 0 spiro atoms. The van der Waals surface area contributed by atoms with E-state index in [-0.39, 0.29) is 18.6 Å². The van der Waals surface area contributed by atoms with Crippen LogP contribution in [-0.2, 0) is 9.53 Å². The fourth-order valence-electron chi connectivity index (χ4n) is 3.42. The van der Waals surface area contributed by atoms with Crippen molar-refractivity contribution in [1.29, 1.82) is 0 Å². The zero-order valence-corrected chi connectivity index (χ0v) is 17.0. The van der Waals surface area contributed by atoms with Crippen molar-refractivity contribution in [3.8, 4) is 5.75 Å². The van der Waals surface area contributed by atoms with Crippen molar-refractivity contribution in [1.82, 2.24) is 10.2 Å². The van der Waals surface area contributed by atoms with E-state index in [1.165, 1.54) is 11.1 Å². The number of amides is 1. The van der Waals surface area contributed by atoms with Gasteiger partial charge in [0.05, 0.1) is 19.3 Å². The Morgan fingerprint density at radius 2 is 1.75 bits per heavy atom. The third-order valence-electron chi connectivity index (χ3n) is 5.05. The van der Waals surface area contributed by atoms with Gasteiger partial charge in [-0.05, 0) is 38.0 Å². The van der Waals surface area contributed by atoms with Gasteiger partial charge in [0.1, 0.15) is 5.75 Å².